The molecule has 0 aliphatic rings. The van der Waals surface area contributed by atoms with Crippen molar-refractivity contribution in [1.82, 2.24) is 15.3 Å². The van der Waals surface area contributed by atoms with Crippen molar-refractivity contribution in [2.45, 2.75) is 6.54 Å². The quantitative estimate of drug-likeness (QED) is 0.808. The lowest BCUT2D eigenvalue weighted by molar-refractivity contribution is 0.0948. The molecule has 1 amide bonds. The summed E-state index contributed by atoms with van der Waals surface area (Å²) < 4.78 is 0.722. The molecule has 0 fully saturated rings. The fourth-order valence-corrected chi connectivity index (χ4v) is 1.70. The van der Waals surface area contributed by atoms with Gasteiger partial charge >= 0.3 is 0 Å². The molecular weight excluding hydrogens is 286 g/mol. The Morgan fingerprint density at radius 3 is 3.00 bits per heavy atom. The van der Waals surface area contributed by atoms with Gasteiger partial charge in [0.1, 0.15) is 5.75 Å². The molecule has 1 aromatic heterocycles. The highest BCUT2D eigenvalue weighted by Crippen LogP contribution is 2.22. The minimum absolute atomic E-state index is 0.0542. The first-order valence-electron chi connectivity index (χ1n) is 4.91. The summed E-state index contributed by atoms with van der Waals surface area (Å²) >= 11 is 3.21. The number of aromatic amines is 1. The average Bonchev–Trinajstić information content (AvgIpc) is 2.78. The van der Waals surface area contributed by atoms with Gasteiger partial charge in [-0.2, -0.15) is 0 Å². The van der Waals surface area contributed by atoms with Gasteiger partial charge in [0.25, 0.3) is 5.91 Å². The van der Waals surface area contributed by atoms with Crippen LogP contribution in [0.4, 0.5) is 0 Å². The first-order chi connectivity index (χ1) is 8.16. The highest BCUT2D eigenvalue weighted by atomic mass is 79.9. The first-order valence-corrected chi connectivity index (χ1v) is 5.70. The van der Waals surface area contributed by atoms with Crippen LogP contribution in [0.1, 0.15) is 16.1 Å². The summed E-state index contributed by atoms with van der Waals surface area (Å²) in [4.78, 5) is 18.5. The van der Waals surface area contributed by atoms with Crippen molar-refractivity contribution < 1.29 is 9.90 Å². The van der Waals surface area contributed by atoms with E-state index < -0.39 is 0 Å². The van der Waals surface area contributed by atoms with Crippen LogP contribution in [0.25, 0.3) is 0 Å². The van der Waals surface area contributed by atoms with Crippen LogP contribution in [0.15, 0.2) is 35.2 Å². The van der Waals surface area contributed by atoms with Gasteiger partial charge in [0.2, 0.25) is 0 Å². The van der Waals surface area contributed by atoms with Crippen LogP contribution in [0.2, 0.25) is 0 Å². The Morgan fingerprint density at radius 2 is 2.35 bits per heavy atom. The van der Waals surface area contributed by atoms with Crippen molar-refractivity contribution in [3.63, 3.8) is 0 Å². The lowest BCUT2D eigenvalue weighted by Gasteiger charge is -2.05. The maximum Gasteiger partial charge on any atom is 0.255 e. The molecule has 0 aliphatic heterocycles. The summed E-state index contributed by atoms with van der Waals surface area (Å²) in [7, 11) is 0. The van der Waals surface area contributed by atoms with Gasteiger partial charge in [0, 0.05) is 10.7 Å². The zero-order chi connectivity index (χ0) is 12.3. The Bertz CT molecular complexity index is 526. The molecule has 2 rings (SSSR count). The van der Waals surface area contributed by atoms with E-state index in [2.05, 4.69) is 31.2 Å². The third kappa shape index (κ3) is 2.85. The summed E-state index contributed by atoms with van der Waals surface area (Å²) in [5.74, 6) is -0.383. The minimum atomic E-state index is -0.329. The molecule has 0 unspecified atom stereocenters. The van der Waals surface area contributed by atoms with Gasteiger partial charge in [0.05, 0.1) is 24.1 Å². The number of imidazole rings is 1. The molecule has 6 heteroatoms. The van der Waals surface area contributed by atoms with Crippen molar-refractivity contribution in [3.05, 3.63) is 46.5 Å². The Balaban J connectivity index is 2.04. The number of phenols is 1. The lowest BCUT2D eigenvalue weighted by atomic mass is 10.2. The highest BCUT2D eigenvalue weighted by molar-refractivity contribution is 9.10. The Hall–Kier alpha value is -1.82. The van der Waals surface area contributed by atoms with Crippen LogP contribution in [0, 0.1) is 0 Å². The van der Waals surface area contributed by atoms with Crippen molar-refractivity contribution in [1.29, 1.82) is 0 Å². The summed E-state index contributed by atoms with van der Waals surface area (Å²) in [6.45, 7) is 0.342. The zero-order valence-corrected chi connectivity index (χ0v) is 10.4. The van der Waals surface area contributed by atoms with Gasteiger partial charge in [-0.25, -0.2) is 4.98 Å². The maximum absolute atomic E-state index is 11.8. The number of carbonyl (C=O) groups is 1. The second kappa shape index (κ2) is 5.01. The number of H-pyrrole nitrogens is 1. The number of rotatable bonds is 3. The molecule has 3 N–H and O–H groups in total. The van der Waals surface area contributed by atoms with E-state index in [1.807, 2.05) is 0 Å². The molecule has 0 spiro atoms. The number of amides is 1. The second-order valence-electron chi connectivity index (χ2n) is 3.42. The average molecular weight is 296 g/mol. The third-order valence-corrected chi connectivity index (χ3v) is 2.69. The van der Waals surface area contributed by atoms with E-state index in [0.29, 0.717) is 6.54 Å². The van der Waals surface area contributed by atoms with Crippen LogP contribution < -0.4 is 5.32 Å². The number of halogens is 1. The Morgan fingerprint density at radius 1 is 1.53 bits per heavy atom. The second-order valence-corrected chi connectivity index (χ2v) is 4.34. The van der Waals surface area contributed by atoms with E-state index in [9.17, 15) is 9.90 Å². The van der Waals surface area contributed by atoms with Gasteiger partial charge < -0.3 is 15.4 Å². The van der Waals surface area contributed by atoms with Gasteiger partial charge in [0.15, 0.2) is 0 Å². The molecule has 0 aliphatic carbocycles. The predicted molar refractivity (Wildman–Crippen MR) is 65.6 cm³/mol. The summed E-state index contributed by atoms with van der Waals surface area (Å²) in [6.07, 6.45) is 3.17. The third-order valence-electron chi connectivity index (χ3n) is 2.20. The molecule has 0 saturated heterocycles. The van der Waals surface area contributed by atoms with E-state index in [1.165, 1.54) is 6.07 Å². The number of phenolic OH excluding ortho intramolecular Hbond substituents is 1. The normalized spacial score (nSPS) is 10.2. The zero-order valence-electron chi connectivity index (χ0n) is 8.77. The van der Waals surface area contributed by atoms with Crippen molar-refractivity contribution >= 4 is 21.8 Å². The van der Waals surface area contributed by atoms with E-state index >= 15 is 0 Å². The Labute approximate surface area is 106 Å². The fourth-order valence-electron chi connectivity index (χ4n) is 1.35. The number of hydrogen-bond donors (Lipinski definition) is 3. The number of aromatic hydroxyl groups is 1. The molecule has 88 valence electrons. The van der Waals surface area contributed by atoms with Gasteiger partial charge in [-0.15, -0.1) is 0 Å². The number of benzene rings is 1. The topological polar surface area (TPSA) is 78.0 Å². The van der Waals surface area contributed by atoms with Crippen LogP contribution in [-0.2, 0) is 6.54 Å². The van der Waals surface area contributed by atoms with E-state index in [-0.39, 0.29) is 17.2 Å². The van der Waals surface area contributed by atoms with E-state index in [4.69, 9.17) is 0 Å². The number of nitrogens with zero attached hydrogens (tertiary/aromatic N) is 1. The predicted octanol–water partition coefficient (Wildman–Crippen LogP) is 1.81. The molecule has 0 atom stereocenters. The van der Waals surface area contributed by atoms with Crippen molar-refractivity contribution in [2.75, 3.05) is 0 Å². The molecule has 1 aromatic carbocycles. The standard InChI is InChI=1S/C11H10BrN3O2/c12-7-1-2-9(10(16)3-7)11(17)14-5-8-4-13-6-15-8/h1-4,6,16H,5H2,(H,13,15)(H,14,17). The molecular formula is C11H10BrN3O2. The van der Waals surface area contributed by atoms with Crippen LogP contribution in [0.3, 0.4) is 0 Å². The van der Waals surface area contributed by atoms with Crippen LogP contribution >= 0.6 is 15.9 Å². The van der Waals surface area contributed by atoms with Crippen LogP contribution in [-0.4, -0.2) is 21.0 Å². The number of carbonyl (C=O) groups excluding carboxylic acids is 1. The Kier molecular flexibility index (Phi) is 3.43. The molecule has 1 heterocycles. The molecule has 17 heavy (non-hydrogen) atoms. The molecule has 0 radical (unpaired) electrons. The van der Waals surface area contributed by atoms with Gasteiger partial charge in [-0.1, -0.05) is 15.9 Å². The number of aromatic nitrogens is 2. The summed E-state index contributed by atoms with van der Waals surface area (Å²) in [6, 6.07) is 4.73. The largest absolute Gasteiger partial charge is 0.507 e. The molecule has 0 bridgehead atoms. The molecule has 5 nitrogen and oxygen atoms in total. The van der Waals surface area contributed by atoms with Crippen molar-refractivity contribution in [2.24, 2.45) is 0 Å². The SMILES string of the molecule is O=C(NCc1cnc[nH]1)c1ccc(Br)cc1O. The number of hydrogen-bond acceptors (Lipinski definition) is 3. The van der Waals surface area contributed by atoms with E-state index in [1.54, 1.807) is 24.7 Å². The number of nitrogens with one attached hydrogen (secondary N) is 2. The molecule has 0 saturated carbocycles. The molecule has 2 aromatic rings. The monoisotopic (exact) mass is 295 g/mol. The van der Waals surface area contributed by atoms with Crippen molar-refractivity contribution in [3.8, 4) is 5.75 Å². The maximum atomic E-state index is 11.8. The van der Waals surface area contributed by atoms with Gasteiger partial charge in [-0.3, -0.25) is 4.79 Å². The summed E-state index contributed by atoms with van der Waals surface area (Å²) in [5, 5.41) is 12.3. The first kappa shape index (κ1) is 11.7. The van der Waals surface area contributed by atoms with Gasteiger partial charge in [-0.05, 0) is 18.2 Å². The van der Waals surface area contributed by atoms with Crippen LogP contribution in [0.5, 0.6) is 5.75 Å². The fraction of sp³-hybridized carbons (Fsp3) is 0.0909. The minimum Gasteiger partial charge on any atom is -0.507 e. The summed E-state index contributed by atoms with van der Waals surface area (Å²) in [5.41, 5.74) is 1.04. The smallest absolute Gasteiger partial charge is 0.255 e. The lowest BCUT2D eigenvalue weighted by Crippen LogP contribution is -2.23. The highest BCUT2D eigenvalue weighted by Gasteiger charge is 2.10. The van der Waals surface area contributed by atoms with E-state index in [0.717, 1.165) is 10.2 Å².